The Morgan fingerprint density at radius 3 is 1.76 bits per heavy atom. The summed E-state index contributed by atoms with van der Waals surface area (Å²) in [6, 6.07) is 0. The number of hydrogen-bond acceptors (Lipinski definition) is 12. The van der Waals surface area contributed by atoms with Crippen molar-refractivity contribution in [2.24, 2.45) is 0 Å². The molecule has 1 aromatic carbocycles. The molecule has 1 heterocycles. The molecule has 14 nitrogen and oxygen atoms in total. The van der Waals surface area contributed by atoms with Gasteiger partial charge in [-0.2, -0.15) is 0 Å². The topological polar surface area (TPSA) is 220 Å². The minimum atomic E-state index is -1.16. The fraction of sp³-hybridized carbons (Fsp3) is 0.440. The fourth-order valence-corrected chi connectivity index (χ4v) is 3.98. The van der Waals surface area contributed by atoms with Gasteiger partial charge in [0.05, 0.1) is 17.2 Å². The lowest BCUT2D eigenvalue weighted by atomic mass is 9.87. The lowest BCUT2D eigenvalue weighted by Crippen LogP contribution is -2.42. The van der Waals surface area contributed by atoms with Crippen LogP contribution >= 0.6 is 23.2 Å². The van der Waals surface area contributed by atoms with Gasteiger partial charge in [0, 0.05) is 46.1 Å². The van der Waals surface area contributed by atoms with Gasteiger partial charge in [0.1, 0.15) is 34.3 Å². The number of phenols is 2. The number of carboxylic acid groups (broad SMARTS) is 2. The largest absolute Gasteiger partial charge is 0.506 e. The van der Waals surface area contributed by atoms with Crippen molar-refractivity contribution in [1.29, 1.82) is 0 Å². The average molecular weight is 623 g/mol. The first-order chi connectivity index (χ1) is 18.9. The molecule has 1 fully saturated rings. The highest BCUT2D eigenvalue weighted by atomic mass is 35.5. The van der Waals surface area contributed by atoms with Crippen LogP contribution in [-0.2, 0) is 38.1 Å². The number of aliphatic carboxylic acids is 2. The molecule has 1 saturated heterocycles. The summed E-state index contributed by atoms with van der Waals surface area (Å²) in [6.07, 6.45) is -2.32. The van der Waals surface area contributed by atoms with Crippen LogP contribution in [0.15, 0.2) is 11.3 Å². The number of aromatic hydroxyl groups is 2. The molecule has 41 heavy (non-hydrogen) atoms. The summed E-state index contributed by atoms with van der Waals surface area (Å²) in [4.78, 5) is 66.6. The molecule has 1 aromatic rings. The maximum atomic E-state index is 13.1. The molecular formula is C25H28Cl2O14. The maximum Gasteiger partial charge on any atom is 0.302 e. The van der Waals surface area contributed by atoms with Crippen molar-refractivity contribution >= 4 is 58.6 Å². The first-order valence-corrected chi connectivity index (χ1v) is 12.4. The van der Waals surface area contributed by atoms with Crippen LogP contribution in [0.5, 0.6) is 11.5 Å². The number of hydrogen-bond donors (Lipinski definition) is 4. The van der Waals surface area contributed by atoms with Crippen LogP contribution in [0.2, 0.25) is 10.0 Å². The molecule has 4 N–H and O–H groups in total. The van der Waals surface area contributed by atoms with E-state index in [9.17, 15) is 29.4 Å². The number of fused-ring (bicyclic) bond motifs is 1. The van der Waals surface area contributed by atoms with Crippen LogP contribution < -0.4 is 0 Å². The molecule has 16 heteroatoms. The Hall–Kier alpha value is -3.88. The van der Waals surface area contributed by atoms with Crippen LogP contribution in [0.1, 0.15) is 68.2 Å². The van der Waals surface area contributed by atoms with E-state index in [1.165, 1.54) is 20.8 Å². The molecule has 0 aromatic heterocycles. The molecule has 226 valence electrons. The monoisotopic (exact) mass is 622 g/mol. The third-order valence-electron chi connectivity index (χ3n) is 5.05. The van der Waals surface area contributed by atoms with Crippen molar-refractivity contribution < 1.29 is 68.1 Å². The van der Waals surface area contributed by atoms with E-state index >= 15 is 0 Å². The molecule has 3 rings (SSSR count). The second kappa shape index (κ2) is 15.2. The molecule has 2 aliphatic rings. The lowest BCUT2D eigenvalue weighted by Gasteiger charge is -2.35. The van der Waals surface area contributed by atoms with Gasteiger partial charge in [0.25, 0.3) is 11.9 Å². The van der Waals surface area contributed by atoms with E-state index in [4.69, 9.17) is 62.0 Å². The summed E-state index contributed by atoms with van der Waals surface area (Å²) >= 11 is 11.7. The van der Waals surface area contributed by atoms with Crippen LogP contribution in [0.3, 0.4) is 0 Å². The van der Waals surface area contributed by atoms with E-state index in [0.717, 1.165) is 13.8 Å². The number of benzene rings is 1. The molecule has 0 amide bonds. The summed E-state index contributed by atoms with van der Waals surface area (Å²) in [5.74, 6) is -6.46. The van der Waals surface area contributed by atoms with Gasteiger partial charge in [-0.05, 0) is 6.92 Å². The summed E-state index contributed by atoms with van der Waals surface area (Å²) in [7, 11) is 0. The van der Waals surface area contributed by atoms with E-state index in [0.29, 0.717) is 0 Å². The number of carbonyl (C=O) groups is 6. The van der Waals surface area contributed by atoms with Crippen molar-refractivity contribution in [3.8, 4) is 11.5 Å². The Bertz CT molecular complexity index is 1250. The van der Waals surface area contributed by atoms with Crippen molar-refractivity contribution in [2.45, 2.75) is 66.0 Å². The molecule has 1 aliphatic carbocycles. The zero-order valence-corrected chi connectivity index (χ0v) is 24.0. The van der Waals surface area contributed by atoms with Gasteiger partial charge in [0.15, 0.2) is 11.5 Å². The van der Waals surface area contributed by atoms with Crippen molar-refractivity contribution in [1.82, 2.24) is 0 Å². The van der Waals surface area contributed by atoms with Crippen molar-refractivity contribution in [3.05, 3.63) is 32.5 Å². The SMILES string of the molecule is CC(=O)O.CC(=O)O.CC(=O)OCC1CC(OC(C)=O)CC(OC2=C(C)C(=O)c3c(O)c(Cl)c(Cl)c(O)c3C2=O)O1. The first-order valence-electron chi connectivity index (χ1n) is 11.6. The van der Waals surface area contributed by atoms with Crippen LogP contribution in [-0.4, -0.2) is 81.0 Å². The summed E-state index contributed by atoms with van der Waals surface area (Å²) < 4.78 is 21.6. The van der Waals surface area contributed by atoms with Gasteiger partial charge in [-0.1, -0.05) is 23.2 Å². The number of rotatable bonds is 5. The standard InChI is InChI=1S/C21H20Cl2O10.2C2H4O2/c1-7-17(26)13-14(19(28)16(23)15(22)18(13)27)20(29)21(7)33-12-5-10(31-9(3)25)4-11(32-12)6-30-8(2)24;2*1-2(3)4/h10-12,27-28H,4-6H2,1-3H3;2*1H3,(H,3,4). The molecule has 3 unspecified atom stereocenters. The number of allylic oxidation sites excluding steroid dienone is 2. The fourth-order valence-electron chi connectivity index (χ4n) is 3.61. The van der Waals surface area contributed by atoms with E-state index < -0.39 is 92.4 Å². The highest BCUT2D eigenvalue weighted by Gasteiger charge is 2.41. The zero-order chi connectivity index (χ0) is 31.8. The summed E-state index contributed by atoms with van der Waals surface area (Å²) in [5, 5.41) is 34.4. The number of esters is 2. The maximum absolute atomic E-state index is 13.1. The van der Waals surface area contributed by atoms with Gasteiger partial charge >= 0.3 is 11.9 Å². The first kappa shape index (κ1) is 35.1. The number of carboxylic acids is 2. The van der Waals surface area contributed by atoms with E-state index in [-0.39, 0.29) is 25.0 Å². The molecule has 0 radical (unpaired) electrons. The smallest absolute Gasteiger partial charge is 0.302 e. The van der Waals surface area contributed by atoms with E-state index in [1.807, 2.05) is 0 Å². The summed E-state index contributed by atoms with van der Waals surface area (Å²) in [6.45, 7) is 5.75. The second-order valence-corrected chi connectivity index (χ2v) is 9.29. The highest BCUT2D eigenvalue weighted by molar-refractivity contribution is 6.45. The Labute approximate surface area is 243 Å². The molecular weight excluding hydrogens is 595 g/mol. The number of carbonyl (C=O) groups excluding carboxylic acids is 4. The minimum Gasteiger partial charge on any atom is -0.506 e. The number of halogens is 2. The quantitative estimate of drug-likeness (QED) is 0.273. The number of phenolic OH excluding ortho intramolecular Hbond substituents is 2. The van der Waals surface area contributed by atoms with Crippen molar-refractivity contribution in [2.75, 3.05) is 6.61 Å². The van der Waals surface area contributed by atoms with Crippen LogP contribution in [0, 0.1) is 0 Å². The minimum absolute atomic E-state index is 0.0138. The Kier molecular flexibility index (Phi) is 13.0. The van der Waals surface area contributed by atoms with Gasteiger partial charge in [-0.25, -0.2) is 0 Å². The van der Waals surface area contributed by atoms with Gasteiger partial charge in [-0.15, -0.1) is 0 Å². The number of ketones is 2. The van der Waals surface area contributed by atoms with Gasteiger partial charge in [-0.3, -0.25) is 28.8 Å². The second-order valence-electron chi connectivity index (χ2n) is 8.54. The molecule has 0 saturated carbocycles. The Morgan fingerprint density at radius 2 is 1.32 bits per heavy atom. The summed E-state index contributed by atoms with van der Waals surface area (Å²) in [5.41, 5.74) is -1.22. The van der Waals surface area contributed by atoms with E-state index in [2.05, 4.69) is 0 Å². The molecule has 0 spiro atoms. The van der Waals surface area contributed by atoms with Gasteiger partial charge in [0.2, 0.25) is 12.1 Å². The Balaban J connectivity index is 0.000000930. The average Bonchev–Trinajstić information content (AvgIpc) is 2.83. The van der Waals surface area contributed by atoms with Crippen LogP contribution in [0.4, 0.5) is 0 Å². The molecule has 0 bridgehead atoms. The van der Waals surface area contributed by atoms with Crippen molar-refractivity contribution in [3.63, 3.8) is 0 Å². The zero-order valence-electron chi connectivity index (χ0n) is 22.5. The normalized spacial score (nSPS) is 19.4. The molecule has 1 aliphatic heterocycles. The van der Waals surface area contributed by atoms with E-state index in [1.54, 1.807) is 0 Å². The number of ether oxygens (including phenoxy) is 4. The third kappa shape index (κ3) is 9.92. The molecule has 3 atom stereocenters. The lowest BCUT2D eigenvalue weighted by molar-refractivity contribution is -0.215. The Morgan fingerprint density at radius 1 is 0.854 bits per heavy atom. The highest BCUT2D eigenvalue weighted by Crippen LogP contribution is 2.47. The number of Topliss-reactive ketones (excluding diaryl/α,β-unsaturated/α-hetero) is 2. The predicted molar refractivity (Wildman–Crippen MR) is 139 cm³/mol. The third-order valence-corrected chi connectivity index (χ3v) is 5.89. The predicted octanol–water partition coefficient (Wildman–Crippen LogP) is 3.26. The van der Waals surface area contributed by atoms with Gasteiger partial charge < -0.3 is 39.4 Å². The van der Waals surface area contributed by atoms with Crippen LogP contribution in [0.25, 0.3) is 0 Å².